The average molecular weight is 270 g/mol. The molecule has 0 bridgehead atoms. The lowest BCUT2D eigenvalue weighted by Crippen LogP contribution is -2.10. The Morgan fingerprint density at radius 3 is 2.58 bits per heavy atom. The third kappa shape index (κ3) is 2.15. The highest BCUT2D eigenvalue weighted by atomic mass is 35.5. The number of benzene rings is 2. The maximum Gasteiger partial charge on any atom is 0.262 e. The summed E-state index contributed by atoms with van der Waals surface area (Å²) in [5, 5.41) is 1.03. The van der Waals surface area contributed by atoms with Gasteiger partial charge in [-0.1, -0.05) is 24.3 Å². The first-order chi connectivity index (χ1) is 9.29. The van der Waals surface area contributed by atoms with E-state index in [4.69, 9.17) is 11.6 Å². The molecule has 2 aromatic carbocycles. The molecule has 3 aromatic rings. The zero-order valence-electron chi connectivity index (χ0n) is 10.2. The van der Waals surface area contributed by atoms with Crippen LogP contribution in [0.2, 0.25) is 0 Å². The van der Waals surface area contributed by atoms with Crippen LogP contribution in [0.3, 0.4) is 0 Å². The van der Waals surface area contributed by atoms with Crippen molar-refractivity contribution in [2.24, 2.45) is 0 Å². The number of carbonyl (C=O) groups is 1. The van der Waals surface area contributed by atoms with Crippen molar-refractivity contribution < 1.29 is 4.79 Å². The summed E-state index contributed by atoms with van der Waals surface area (Å²) in [7, 11) is 0. The van der Waals surface area contributed by atoms with E-state index in [1.165, 1.54) is 0 Å². The minimum Gasteiger partial charge on any atom is -0.283 e. The number of rotatable bonds is 2. The summed E-state index contributed by atoms with van der Waals surface area (Å²) in [5.41, 5.74) is 2.64. The zero-order chi connectivity index (χ0) is 13.2. The molecule has 94 valence electrons. The zero-order valence-corrected chi connectivity index (χ0v) is 11.0. The number of hydrogen-bond donors (Lipinski definition) is 0. The van der Waals surface area contributed by atoms with E-state index >= 15 is 0 Å². The highest BCUT2D eigenvalue weighted by Crippen LogP contribution is 2.20. The van der Waals surface area contributed by atoms with Crippen molar-refractivity contribution in [3.8, 4) is 0 Å². The van der Waals surface area contributed by atoms with Crippen LogP contribution in [0.25, 0.3) is 10.9 Å². The topological polar surface area (TPSA) is 22.0 Å². The van der Waals surface area contributed by atoms with E-state index in [9.17, 15) is 4.79 Å². The Balaban J connectivity index is 2.09. The van der Waals surface area contributed by atoms with Crippen LogP contribution in [-0.2, 0) is 5.88 Å². The lowest BCUT2D eigenvalue weighted by molar-refractivity contribution is 0.0965. The van der Waals surface area contributed by atoms with Gasteiger partial charge in [0.15, 0.2) is 0 Å². The standard InChI is InChI=1S/C16H12ClNO/c17-11-12-6-7-15-14(10-12)8-9-18(15)16(19)13-4-2-1-3-5-13/h1-10H,11H2. The van der Waals surface area contributed by atoms with Crippen LogP contribution in [0.15, 0.2) is 60.8 Å². The second-order valence-electron chi connectivity index (χ2n) is 4.38. The quantitative estimate of drug-likeness (QED) is 0.643. The molecule has 0 aliphatic carbocycles. The molecular weight excluding hydrogens is 258 g/mol. The van der Waals surface area contributed by atoms with E-state index in [1.54, 1.807) is 10.8 Å². The molecule has 0 radical (unpaired) electrons. The number of carbonyl (C=O) groups excluding carboxylic acids is 1. The third-order valence-corrected chi connectivity index (χ3v) is 3.46. The summed E-state index contributed by atoms with van der Waals surface area (Å²) >= 11 is 5.82. The predicted octanol–water partition coefficient (Wildman–Crippen LogP) is 4.07. The summed E-state index contributed by atoms with van der Waals surface area (Å²) < 4.78 is 1.67. The molecule has 0 atom stereocenters. The van der Waals surface area contributed by atoms with Crippen molar-refractivity contribution in [3.63, 3.8) is 0 Å². The van der Waals surface area contributed by atoms with E-state index in [2.05, 4.69) is 0 Å². The van der Waals surface area contributed by atoms with Crippen LogP contribution >= 0.6 is 11.6 Å². The van der Waals surface area contributed by atoms with Crippen LogP contribution < -0.4 is 0 Å². The van der Waals surface area contributed by atoms with Crippen LogP contribution in [0.4, 0.5) is 0 Å². The van der Waals surface area contributed by atoms with Gasteiger partial charge < -0.3 is 0 Å². The van der Waals surface area contributed by atoms with Crippen molar-refractivity contribution in [1.82, 2.24) is 4.57 Å². The lowest BCUT2D eigenvalue weighted by Gasteiger charge is -2.04. The van der Waals surface area contributed by atoms with Crippen LogP contribution in [0, 0.1) is 0 Å². The van der Waals surface area contributed by atoms with Gasteiger partial charge in [0, 0.05) is 23.0 Å². The second kappa shape index (κ2) is 4.90. The van der Waals surface area contributed by atoms with Crippen molar-refractivity contribution in [2.75, 3.05) is 0 Å². The van der Waals surface area contributed by atoms with Crippen LogP contribution in [-0.4, -0.2) is 10.5 Å². The number of fused-ring (bicyclic) bond motifs is 1. The van der Waals surface area contributed by atoms with Gasteiger partial charge in [-0.2, -0.15) is 0 Å². The molecule has 1 aromatic heterocycles. The van der Waals surface area contributed by atoms with Crippen molar-refractivity contribution in [1.29, 1.82) is 0 Å². The Labute approximate surface area is 116 Å². The molecule has 0 N–H and O–H groups in total. The van der Waals surface area contributed by atoms with Gasteiger partial charge in [0.25, 0.3) is 5.91 Å². The molecule has 19 heavy (non-hydrogen) atoms. The van der Waals surface area contributed by atoms with Gasteiger partial charge in [-0.05, 0) is 35.9 Å². The summed E-state index contributed by atoms with van der Waals surface area (Å²) in [4.78, 5) is 12.4. The van der Waals surface area contributed by atoms with Crippen LogP contribution in [0.5, 0.6) is 0 Å². The van der Waals surface area contributed by atoms with Gasteiger partial charge in [0.1, 0.15) is 0 Å². The van der Waals surface area contributed by atoms with E-state index in [1.807, 2.05) is 54.6 Å². The molecular formula is C16H12ClNO. The Hall–Kier alpha value is -2.06. The maximum absolute atomic E-state index is 12.4. The molecule has 2 nitrogen and oxygen atoms in total. The maximum atomic E-state index is 12.4. The third-order valence-electron chi connectivity index (χ3n) is 3.15. The minimum atomic E-state index is -0.0192. The number of alkyl halides is 1. The Bertz CT molecular complexity index is 731. The van der Waals surface area contributed by atoms with Gasteiger partial charge in [-0.15, -0.1) is 11.6 Å². The van der Waals surface area contributed by atoms with E-state index in [-0.39, 0.29) is 5.91 Å². The molecule has 0 amide bonds. The molecule has 1 heterocycles. The monoisotopic (exact) mass is 269 g/mol. The first-order valence-electron chi connectivity index (χ1n) is 6.05. The van der Waals surface area contributed by atoms with Gasteiger partial charge in [-0.25, -0.2) is 0 Å². The number of halogens is 1. The molecule has 0 aliphatic heterocycles. The van der Waals surface area contributed by atoms with Gasteiger partial charge in [0.2, 0.25) is 0 Å². The Morgan fingerprint density at radius 2 is 1.84 bits per heavy atom. The van der Waals surface area contributed by atoms with Gasteiger partial charge in [-0.3, -0.25) is 9.36 Å². The van der Waals surface area contributed by atoms with Crippen molar-refractivity contribution >= 4 is 28.4 Å². The Morgan fingerprint density at radius 1 is 1.05 bits per heavy atom. The fourth-order valence-corrected chi connectivity index (χ4v) is 2.34. The van der Waals surface area contributed by atoms with E-state index < -0.39 is 0 Å². The highest BCUT2D eigenvalue weighted by Gasteiger charge is 2.10. The largest absolute Gasteiger partial charge is 0.283 e. The summed E-state index contributed by atoms with van der Waals surface area (Å²) in [5.74, 6) is 0.461. The molecule has 0 saturated carbocycles. The van der Waals surface area contributed by atoms with Crippen LogP contribution in [0.1, 0.15) is 15.9 Å². The van der Waals surface area contributed by atoms with Crippen molar-refractivity contribution in [3.05, 3.63) is 71.9 Å². The number of aromatic nitrogens is 1. The lowest BCUT2D eigenvalue weighted by atomic mass is 10.2. The normalized spacial score (nSPS) is 10.8. The number of hydrogen-bond acceptors (Lipinski definition) is 1. The smallest absolute Gasteiger partial charge is 0.262 e. The van der Waals surface area contributed by atoms with E-state index in [0.29, 0.717) is 11.4 Å². The first kappa shape index (κ1) is 12.0. The molecule has 0 saturated heterocycles. The molecule has 0 fully saturated rings. The summed E-state index contributed by atoms with van der Waals surface area (Å²) in [6, 6.07) is 17.1. The molecule has 3 rings (SSSR count). The summed E-state index contributed by atoms with van der Waals surface area (Å²) in [6.07, 6.45) is 1.80. The second-order valence-corrected chi connectivity index (χ2v) is 4.65. The average Bonchev–Trinajstić information content (AvgIpc) is 2.90. The fraction of sp³-hybridized carbons (Fsp3) is 0.0625. The van der Waals surface area contributed by atoms with E-state index in [0.717, 1.165) is 16.5 Å². The predicted molar refractivity (Wildman–Crippen MR) is 77.7 cm³/mol. The van der Waals surface area contributed by atoms with Gasteiger partial charge >= 0.3 is 0 Å². The SMILES string of the molecule is O=C(c1ccccc1)n1ccc2cc(CCl)ccc21. The minimum absolute atomic E-state index is 0.0192. The Kier molecular flexibility index (Phi) is 3.10. The highest BCUT2D eigenvalue weighted by molar-refractivity contribution is 6.17. The molecule has 0 aliphatic rings. The molecule has 3 heteroatoms. The fourth-order valence-electron chi connectivity index (χ4n) is 2.17. The first-order valence-corrected chi connectivity index (χ1v) is 6.59. The summed E-state index contributed by atoms with van der Waals surface area (Å²) in [6.45, 7) is 0. The number of nitrogens with zero attached hydrogens (tertiary/aromatic N) is 1. The molecule has 0 unspecified atom stereocenters. The van der Waals surface area contributed by atoms with Crippen molar-refractivity contribution in [2.45, 2.75) is 5.88 Å². The van der Waals surface area contributed by atoms with Gasteiger partial charge in [0.05, 0.1) is 5.52 Å². The molecule has 0 spiro atoms.